The van der Waals surface area contributed by atoms with Crippen LogP contribution in [-0.2, 0) is 24.3 Å². The molecule has 0 aliphatic carbocycles. The molecule has 0 saturated heterocycles. The van der Waals surface area contributed by atoms with Crippen LogP contribution in [0.5, 0.6) is 0 Å². The van der Waals surface area contributed by atoms with Gasteiger partial charge in [-0.3, -0.25) is 4.79 Å². The Morgan fingerprint density at radius 2 is 2.32 bits per heavy atom. The first-order valence-corrected chi connectivity index (χ1v) is 6.17. The summed E-state index contributed by atoms with van der Waals surface area (Å²) < 4.78 is 1.89. The van der Waals surface area contributed by atoms with Crippen molar-refractivity contribution in [3.05, 3.63) is 42.0 Å². The zero-order chi connectivity index (χ0) is 13.7. The number of benzene rings is 1. The van der Waals surface area contributed by atoms with Crippen LogP contribution in [0.3, 0.4) is 0 Å². The van der Waals surface area contributed by atoms with Crippen LogP contribution >= 0.6 is 0 Å². The van der Waals surface area contributed by atoms with E-state index >= 15 is 0 Å². The monoisotopic (exact) mass is 259 g/mol. The summed E-state index contributed by atoms with van der Waals surface area (Å²) in [4.78, 5) is 11.8. The Kier molecular flexibility index (Phi) is 4.12. The highest BCUT2D eigenvalue weighted by Gasteiger charge is 2.06. The van der Waals surface area contributed by atoms with Crippen LogP contribution in [0.2, 0.25) is 0 Å². The number of hydrogen-bond donors (Lipinski definition) is 2. The lowest BCUT2D eigenvalue weighted by molar-refractivity contribution is -0.120. The highest BCUT2D eigenvalue weighted by atomic mass is 16.1. The maximum atomic E-state index is 11.8. The number of carbonyl (C=O) groups is 1. The molecular formula is C13H17N5O. The second kappa shape index (κ2) is 5.99. The van der Waals surface area contributed by atoms with Crippen molar-refractivity contribution < 1.29 is 4.79 Å². The molecule has 1 amide bonds. The highest BCUT2D eigenvalue weighted by Crippen LogP contribution is 2.07. The molecule has 0 atom stereocenters. The molecule has 0 bridgehead atoms. The normalized spacial score (nSPS) is 10.4. The number of rotatable bonds is 5. The summed E-state index contributed by atoms with van der Waals surface area (Å²) in [7, 11) is 0. The lowest BCUT2D eigenvalue weighted by Crippen LogP contribution is -2.26. The minimum atomic E-state index is -0.0590. The summed E-state index contributed by atoms with van der Waals surface area (Å²) in [5, 5.41) is 10.6. The lowest BCUT2D eigenvalue weighted by Gasteiger charge is -2.06. The fraction of sp³-hybridized carbons (Fsp3) is 0.308. The molecule has 0 saturated carbocycles. The molecule has 100 valence electrons. The Bertz CT molecular complexity index is 564. The first-order chi connectivity index (χ1) is 9.19. The third kappa shape index (κ3) is 3.54. The number of hydrogen-bond acceptors (Lipinski definition) is 4. The Hall–Kier alpha value is -2.37. The van der Waals surface area contributed by atoms with Crippen molar-refractivity contribution >= 4 is 11.6 Å². The fourth-order valence-corrected chi connectivity index (χ4v) is 1.81. The van der Waals surface area contributed by atoms with Crippen LogP contribution in [0.25, 0.3) is 0 Å². The molecule has 6 heteroatoms. The van der Waals surface area contributed by atoms with Crippen LogP contribution in [0.1, 0.15) is 18.3 Å². The molecule has 1 aromatic heterocycles. The van der Waals surface area contributed by atoms with Gasteiger partial charge in [-0.15, -0.1) is 10.2 Å². The Morgan fingerprint density at radius 1 is 1.47 bits per heavy atom. The van der Waals surface area contributed by atoms with Crippen LogP contribution in [0, 0.1) is 0 Å². The molecule has 0 spiro atoms. The number of anilines is 1. The second-order valence-corrected chi connectivity index (χ2v) is 4.23. The van der Waals surface area contributed by atoms with E-state index in [0.717, 1.165) is 17.9 Å². The third-order valence-electron chi connectivity index (χ3n) is 2.80. The first-order valence-electron chi connectivity index (χ1n) is 6.17. The first kappa shape index (κ1) is 13.1. The molecule has 0 aliphatic heterocycles. The van der Waals surface area contributed by atoms with Gasteiger partial charge in [0.05, 0.1) is 13.0 Å². The largest absolute Gasteiger partial charge is 0.399 e. The maximum Gasteiger partial charge on any atom is 0.224 e. The number of nitrogens with zero attached hydrogens (tertiary/aromatic N) is 3. The van der Waals surface area contributed by atoms with E-state index in [1.54, 1.807) is 18.5 Å². The number of amides is 1. The van der Waals surface area contributed by atoms with E-state index < -0.39 is 0 Å². The van der Waals surface area contributed by atoms with E-state index in [1.807, 2.05) is 23.6 Å². The average Bonchev–Trinajstić information content (AvgIpc) is 2.83. The minimum absolute atomic E-state index is 0.0590. The standard InChI is InChI=1S/C13H17N5O/c1-2-18-9-16-17-12(18)8-15-13(19)7-10-4-3-5-11(14)6-10/h3-6,9H,2,7-8,14H2,1H3,(H,15,19). The van der Waals surface area contributed by atoms with Gasteiger partial charge in [0.15, 0.2) is 5.82 Å². The van der Waals surface area contributed by atoms with E-state index in [0.29, 0.717) is 18.7 Å². The van der Waals surface area contributed by atoms with Gasteiger partial charge in [-0.1, -0.05) is 12.1 Å². The second-order valence-electron chi connectivity index (χ2n) is 4.23. The summed E-state index contributed by atoms with van der Waals surface area (Å²) in [6.07, 6.45) is 1.96. The number of nitrogens with two attached hydrogens (primary N) is 1. The third-order valence-corrected chi connectivity index (χ3v) is 2.80. The van der Waals surface area contributed by atoms with Gasteiger partial charge in [0, 0.05) is 12.2 Å². The summed E-state index contributed by atoms with van der Waals surface area (Å²) in [5.41, 5.74) is 7.23. The molecule has 3 N–H and O–H groups in total. The summed E-state index contributed by atoms with van der Waals surface area (Å²) in [6, 6.07) is 7.31. The molecule has 0 radical (unpaired) electrons. The smallest absolute Gasteiger partial charge is 0.224 e. The van der Waals surface area contributed by atoms with Gasteiger partial charge in [-0.25, -0.2) is 0 Å². The van der Waals surface area contributed by atoms with Gasteiger partial charge >= 0.3 is 0 Å². The quantitative estimate of drug-likeness (QED) is 0.775. The lowest BCUT2D eigenvalue weighted by atomic mass is 10.1. The fourth-order valence-electron chi connectivity index (χ4n) is 1.81. The number of nitrogens with one attached hydrogen (secondary N) is 1. The topological polar surface area (TPSA) is 85.8 Å². The van der Waals surface area contributed by atoms with E-state index in [4.69, 9.17) is 5.73 Å². The predicted molar refractivity (Wildman–Crippen MR) is 72.1 cm³/mol. The number of nitrogen functional groups attached to an aromatic ring is 1. The maximum absolute atomic E-state index is 11.8. The van der Waals surface area contributed by atoms with Gasteiger partial charge in [0.2, 0.25) is 5.91 Å². The summed E-state index contributed by atoms with van der Waals surface area (Å²) in [6.45, 7) is 3.17. The molecule has 2 rings (SSSR count). The Balaban J connectivity index is 1.88. The van der Waals surface area contributed by atoms with Crippen molar-refractivity contribution in [3.63, 3.8) is 0 Å². The molecule has 0 fully saturated rings. The Labute approximate surface area is 111 Å². The molecule has 2 aromatic rings. The zero-order valence-corrected chi connectivity index (χ0v) is 10.8. The van der Waals surface area contributed by atoms with Crippen molar-refractivity contribution in [2.24, 2.45) is 0 Å². The van der Waals surface area contributed by atoms with Gasteiger partial charge in [0.1, 0.15) is 6.33 Å². The Morgan fingerprint density at radius 3 is 3.05 bits per heavy atom. The molecule has 0 unspecified atom stereocenters. The van der Waals surface area contributed by atoms with Crippen molar-refractivity contribution in [2.45, 2.75) is 26.4 Å². The van der Waals surface area contributed by atoms with E-state index in [9.17, 15) is 4.79 Å². The van der Waals surface area contributed by atoms with Crippen molar-refractivity contribution in [3.8, 4) is 0 Å². The van der Waals surface area contributed by atoms with E-state index in [1.165, 1.54) is 0 Å². The van der Waals surface area contributed by atoms with Crippen molar-refractivity contribution in [1.29, 1.82) is 0 Å². The molecule has 0 aliphatic rings. The van der Waals surface area contributed by atoms with Crippen LogP contribution in [0.15, 0.2) is 30.6 Å². The minimum Gasteiger partial charge on any atom is -0.399 e. The number of aromatic nitrogens is 3. The summed E-state index contributed by atoms with van der Waals surface area (Å²) in [5.74, 6) is 0.694. The van der Waals surface area contributed by atoms with Crippen LogP contribution in [0.4, 0.5) is 5.69 Å². The predicted octanol–water partition coefficient (Wildman–Crippen LogP) is 0.739. The van der Waals surface area contributed by atoms with Crippen molar-refractivity contribution in [1.82, 2.24) is 20.1 Å². The van der Waals surface area contributed by atoms with Crippen molar-refractivity contribution in [2.75, 3.05) is 5.73 Å². The molecule has 19 heavy (non-hydrogen) atoms. The molecule has 1 heterocycles. The van der Waals surface area contributed by atoms with Gasteiger partial charge in [-0.05, 0) is 24.6 Å². The molecular weight excluding hydrogens is 242 g/mol. The average molecular weight is 259 g/mol. The van der Waals surface area contributed by atoms with E-state index in [-0.39, 0.29) is 5.91 Å². The molecule has 6 nitrogen and oxygen atoms in total. The van der Waals surface area contributed by atoms with Gasteiger partial charge in [0.25, 0.3) is 0 Å². The number of carbonyl (C=O) groups excluding carboxylic acids is 1. The van der Waals surface area contributed by atoms with Gasteiger partial charge < -0.3 is 15.6 Å². The zero-order valence-electron chi connectivity index (χ0n) is 10.8. The van der Waals surface area contributed by atoms with Gasteiger partial charge in [-0.2, -0.15) is 0 Å². The van der Waals surface area contributed by atoms with E-state index in [2.05, 4.69) is 15.5 Å². The summed E-state index contributed by atoms with van der Waals surface area (Å²) >= 11 is 0. The molecule has 1 aromatic carbocycles. The highest BCUT2D eigenvalue weighted by molar-refractivity contribution is 5.78. The van der Waals surface area contributed by atoms with Crippen LogP contribution in [-0.4, -0.2) is 20.7 Å². The SMILES string of the molecule is CCn1cnnc1CNC(=O)Cc1cccc(N)c1. The number of aryl methyl sites for hydroxylation is 1. The van der Waals surface area contributed by atoms with Crippen LogP contribution < -0.4 is 11.1 Å².